The Bertz CT molecular complexity index is 499. The number of carbonyl (C=O) groups is 2. The van der Waals surface area contributed by atoms with E-state index in [0.29, 0.717) is 19.7 Å². The van der Waals surface area contributed by atoms with E-state index in [-0.39, 0.29) is 12.6 Å². The lowest BCUT2D eigenvalue weighted by Gasteiger charge is -2.31. The van der Waals surface area contributed by atoms with Crippen molar-refractivity contribution in [2.45, 2.75) is 13.5 Å². The number of esters is 1. The van der Waals surface area contributed by atoms with Gasteiger partial charge >= 0.3 is 12.1 Å². The first-order valence-electron chi connectivity index (χ1n) is 6.85. The maximum absolute atomic E-state index is 11.8. The van der Waals surface area contributed by atoms with Gasteiger partial charge in [-0.3, -0.25) is 4.79 Å². The molecule has 1 aromatic carbocycles. The Morgan fingerprint density at radius 1 is 1.38 bits per heavy atom. The number of methoxy groups -OCH3 is 1. The molecule has 2 rings (SSSR count). The maximum Gasteiger partial charge on any atom is 0.410 e. The number of carbonyl (C=O) groups excluding carboxylic acids is 2. The van der Waals surface area contributed by atoms with Crippen molar-refractivity contribution in [3.8, 4) is 5.75 Å². The van der Waals surface area contributed by atoms with Crippen LogP contribution in [0.2, 0.25) is 0 Å². The Labute approximate surface area is 123 Å². The fraction of sp³-hybridized carbons (Fsp3) is 0.467. The van der Waals surface area contributed by atoms with Gasteiger partial charge in [0.25, 0.3) is 0 Å². The lowest BCUT2D eigenvalue weighted by atomic mass is 10.1. The second kappa shape index (κ2) is 6.97. The Kier molecular flexibility index (Phi) is 5.03. The molecule has 1 atom stereocenters. The van der Waals surface area contributed by atoms with Crippen LogP contribution in [-0.4, -0.2) is 43.8 Å². The van der Waals surface area contributed by atoms with Crippen LogP contribution >= 0.6 is 0 Å². The molecule has 0 radical (unpaired) electrons. The van der Waals surface area contributed by atoms with Crippen molar-refractivity contribution in [1.82, 2.24) is 4.90 Å². The van der Waals surface area contributed by atoms with Crippen LogP contribution in [-0.2, 0) is 20.8 Å². The van der Waals surface area contributed by atoms with E-state index in [1.165, 1.54) is 4.90 Å². The van der Waals surface area contributed by atoms with Crippen molar-refractivity contribution in [1.29, 1.82) is 0 Å². The molecule has 6 heteroatoms. The maximum atomic E-state index is 11.8. The SMILES string of the molecule is CCOC(=O)C1COC(=O)N(Cc2ccc(OC)cc2)C1. The molecule has 21 heavy (non-hydrogen) atoms. The molecule has 1 fully saturated rings. The van der Waals surface area contributed by atoms with Crippen LogP contribution in [0.5, 0.6) is 5.75 Å². The molecule has 0 bridgehead atoms. The first-order valence-corrected chi connectivity index (χ1v) is 6.85. The largest absolute Gasteiger partial charge is 0.497 e. The summed E-state index contributed by atoms with van der Waals surface area (Å²) in [5.41, 5.74) is 0.942. The number of hydrogen-bond acceptors (Lipinski definition) is 5. The second-order valence-corrected chi connectivity index (χ2v) is 4.75. The van der Waals surface area contributed by atoms with E-state index in [4.69, 9.17) is 14.2 Å². The number of benzene rings is 1. The summed E-state index contributed by atoms with van der Waals surface area (Å²) in [6.45, 7) is 2.85. The van der Waals surface area contributed by atoms with Crippen molar-refractivity contribution >= 4 is 12.1 Å². The van der Waals surface area contributed by atoms with Gasteiger partial charge in [0.2, 0.25) is 0 Å². The van der Waals surface area contributed by atoms with Crippen LogP contribution in [0.25, 0.3) is 0 Å². The molecule has 0 aromatic heterocycles. The predicted octanol–water partition coefficient (Wildman–Crippen LogP) is 1.83. The van der Waals surface area contributed by atoms with Gasteiger partial charge in [0, 0.05) is 13.1 Å². The van der Waals surface area contributed by atoms with Crippen molar-refractivity contribution in [2.75, 3.05) is 26.9 Å². The third kappa shape index (κ3) is 3.87. The monoisotopic (exact) mass is 293 g/mol. The van der Waals surface area contributed by atoms with E-state index >= 15 is 0 Å². The molecule has 1 heterocycles. The highest BCUT2D eigenvalue weighted by Crippen LogP contribution is 2.18. The lowest BCUT2D eigenvalue weighted by Crippen LogP contribution is -2.45. The molecule has 0 N–H and O–H groups in total. The second-order valence-electron chi connectivity index (χ2n) is 4.75. The van der Waals surface area contributed by atoms with Crippen LogP contribution in [0, 0.1) is 5.92 Å². The highest BCUT2D eigenvalue weighted by atomic mass is 16.6. The fourth-order valence-electron chi connectivity index (χ4n) is 2.14. The van der Waals surface area contributed by atoms with Gasteiger partial charge in [-0.1, -0.05) is 12.1 Å². The molecule has 0 saturated carbocycles. The molecule has 114 valence electrons. The standard InChI is InChI=1S/C15H19NO5/c1-3-20-14(17)12-9-16(15(18)21-10-12)8-11-4-6-13(19-2)7-5-11/h4-7,12H,3,8-10H2,1-2H3. The average Bonchev–Trinajstić information content (AvgIpc) is 2.50. The van der Waals surface area contributed by atoms with Gasteiger partial charge in [-0.15, -0.1) is 0 Å². The number of rotatable bonds is 5. The number of ether oxygens (including phenoxy) is 3. The zero-order valence-electron chi connectivity index (χ0n) is 12.2. The molecule has 1 unspecified atom stereocenters. The number of hydrogen-bond donors (Lipinski definition) is 0. The smallest absolute Gasteiger partial charge is 0.410 e. The minimum atomic E-state index is -0.430. The summed E-state index contributed by atoms with van der Waals surface area (Å²) in [4.78, 5) is 25.0. The minimum absolute atomic E-state index is 0.0801. The Balaban J connectivity index is 1.99. The van der Waals surface area contributed by atoms with Gasteiger partial charge in [0.1, 0.15) is 18.3 Å². The molecule has 1 aromatic rings. The first-order chi connectivity index (χ1) is 10.1. The van der Waals surface area contributed by atoms with E-state index in [9.17, 15) is 9.59 Å². The zero-order valence-corrected chi connectivity index (χ0v) is 12.2. The van der Waals surface area contributed by atoms with Gasteiger partial charge in [-0.05, 0) is 24.6 Å². The normalized spacial score (nSPS) is 18.1. The first kappa shape index (κ1) is 15.2. The molecular weight excluding hydrogens is 274 g/mol. The topological polar surface area (TPSA) is 65.1 Å². The fourth-order valence-corrected chi connectivity index (χ4v) is 2.14. The summed E-state index contributed by atoms with van der Waals surface area (Å²) in [6.07, 6.45) is -0.411. The highest BCUT2D eigenvalue weighted by molar-refractivity contribution is 5.76. The summed E-state index contributed by atoms with van der Waals surface area (Å²) in [5.74, 6) is -0.00463. The number of amides is 1. The molecule has 0 aliphatic carbocycles. The van der Waals surface area contributed by atoms with Crippen molar-refractivity contribution in [3.05, 3.63) is 29.8 Å². The zero-order chi connectivity index (χ0) is 15.2. The van der Waals surface area contributed by atoms with Gasteiger partial charge in [0.05, 0.1) is 13.7 Å². The Morgan fingerprint density at radius 3 is 2.71 bits per heavy atom. The average molecular weight is 293 g/mol. The lowest BCUT2D eigenvalue weighted by molar-refractivity contribution is -0.151. The third-order valence-electron chi connectivity index (χ3n) is 3.26. The van der Waals surface area contributed by atoms with E-state index in [1.807, 2.05) is 24.3 Å². The summed E-state index contributed by atoms with van der Waals surface area (Å²) < 4.78 is 15.1. The summed E-state index contributed by atoms with van der Waals surface area (Å²) in [6, 6.07) is 7.40. The van der Waals surface area contributed by atoms with E-state index < -0.39 is 12.0 Å². The van der Waals surface area contributed by atoms with E-state index in [0.717, 1.165) is 11.3 Å². The highest BCUT2D eigenvalue weighted by Gasteiger charge is 2.32. The third-order valence-corrected chi connectivity index (χ3v) is 3.26. The van der Waals surface area contributed by atoms with E-state index in [1.54, 1.807) is 14.0 Å². The molecule has 6 nitrogen and oxygen atoms in total. The summed E-state index contributed by atoms with van der Waals surface area (Å²) in [5, 5.41) is 0. The predicted molar refractivity (Wildman–Crippen MR) is 74.9 cm³/mol. The Morgan fingerprint density at radius 2 is 2.10 bits per heavy atom. The summed E-state index contributed by atoms with van der Waals surface area (Å²) >= 11 is 0. The van der Waals surface area contributed by atoms with Crippen LogP contribution in [0.1, 0.15) is 12.5 Å². The van der Waals surface area contributed by atoms with Gasteiger partial charge in [-0.25, -0.2) is 4.79 Å². The van der Waals surface area contributed by atoms with Crippen molar-refractivity contribution < 1.29 is 23.8 Å². The molecular formula is C15H19NO5. The van der Waals surface area contributed by atoms with Crippen LogP contribution < -0.4 is 4.74 Å². The van der Waals surface area contributed by atoms with Crippen molar-refractivity contribution in [3.63, 3.8) is 0 Å². The minimum Gasteiger partial charge on any atom is -0.497 e. The van der Waals surface area contributed by atoms with Gasteiger partial charge in [-0.2, -0.15) is 0 Å². The van der Waals surface area contributed by atoms with Crippen LogP contribution in [0.3, 0.4) is 0 Å². The summed E-state index contributed by atoms with van der Waals surface area (Å²) in [7, 11) is 1.60. The van der Waals surface area contributed by atoms with Gasteiger partial charge in [0.15, 0.2) is 0 Å². The van der Waals surface area contributed by atoms with Crippen LogP contribution in [0.4, 0.5) is 4.79 Å². The molecule has 1 saturated heterocycles. The van der Waals surface area contributed by atoms with Gasteiger partial charge < -0.3 is 19.1 Å². The molecule has 1 aliphatic heterocycles. The molecule has 1 aliphatic rings. The molecule has 0 spiro atoms. The van der Waals surface area contributed by atoms with Crippen molar-refractivity contribution in [2.24, 2.45) is 5.92 Å². The number of nitrogens with zero attached hydrogens (tertiary/aromatic N) is 1. The molecule has 1 amide bonds. The quantitative estimate of drug-likeness (QED) is 0.775. The number of cyclic esters (lactones) is 1. The Hall–Kier alpha value is -2.24. The van der Waals surface area contributed by atoms with Crippen LogP contribution in [0.15, 0.2) is 24.3 Å². The van der Waals surface area contributed by atoms with E-state index in [2.05, 4.69) is 0 Å².